The molecular formula is C61H51IrN5O2-2. The third-order valence-electron chi connectivity index (χ3n) is 12.8. The van der Waals surface area contributed by atoms with Crippen molar-refractivity contribution in [2.75, 3.05) is 0 Å². The van der Waals surface area contributed by atoms with Crippen molar-refractivity contribution in [2.24, 2.45) is 0 Å². The molecule has 12 aromatic rings. The third kappa shape index (κ3) is 8.01. The van der Waals surface area contributed by atoms with Gasteiger partial charge in [-0.05, 0) is 82.0 Å². The Morgan fingerprint density at radius 3 is 2.10 bits per heavy atom. The fourth-order valence-electron chi connectivity index (χ4n) is 9.34. The summed E-state index contributed by atoms with van der Waals surface area (Å²) in [4.78, 5) is 19.2. The number of benzene rings is 7. The van der Waals surface area contributed by atoms with Crippen molar-refractivity contribution in [3.8, 4) is 39.6 Å². The van der Waals surface area contributed by atoms with E-state index in [1.54, 1.807) is 0 Å². The first-order valence-corrected chi connectivity index (χ1v) is 23.2. The maximum atomic E-state index is 8.73. The molecule has 0 spiro atoms. The van der Waals surface area contributed by atoms with Gasteiger partial charge in [0.25, 0.3) is 0 Å². The van der Waals surface area contributed by atoms with E-state index in [-0.39, 0.29) is 54.2 Å². The molecule has 0 bridgehead atoms. The second-order valence-electron chi connectivity index (χ2n) is 19.0. The molecule has 0 saturated heterocycles. The summed E-state index contributed by atoms with van der Waals surface area (Å²) in [5.74, 6) is 1.72. The standard InChI is InChI=1S/C47H36N3O2.C14H15N2.Ir/c1-26(2)36-24-31(29-14-7-6-8-15-29)25-37(27(3)4)42(36)50-43-32-17-10-9-16-30(32)22-23-38(43)48-46(50)35-20-13-19-34-41-44(52-45(34)35)28(5)40-33-18-11-12-21-39(33)51-47(40)49-41;1-14(2,3)12-9-10-15-13(16-12)11-7-5-4-6-8-11;/h6-19,21-27H,1-5H3;4-7,9-10H,1-3H3;/q2*-1;/i5D3;;. The molecule has 0 N–H and O–H groups in total. The summed E-state index contributed by atoms with van der Waals surface area (Å²) in [7, 11) is 0. The van der Waals surface area contributed by atoms with Crippen LogP contribution in [0.25, 0.3) is 106 Å². The summed E-state index contributed by atoms with van der Waals surface area (Å²) in [5, 5.41) is 3.96. The fraction of sp³-hybridized carbons (Fsp3) is 0.180. The van der Waals surface area contributed by atoms with E-state index in [0.717, 1.165) is 50.1 Å². The normalized spacial score (nSPS) is 12.7. The zero-order valence-corrected chi connectivity index (χ0v) is 41.9. The number of rotatable bonds is 6. The second-order valence-corrected chi connectivity index (χ2v) is 19.0. The zero-order valence-electron chi connectivity index (χ0n) is 42.5. The fourth-order valence-corrected chi connectivity index (χ4v) is 9.34. The molecule has 0 aliphatic rings. The van der Waals surface area contributed by atoms with Gasteiger partial charge in [-0.2, -0.15) is 0 Å². The summed E-state index contributed by atoms with van der Waals surface area (Å²) in [6.07, 6.45) is 1.81. The van der Waals surface area contributed by atoms with Gasteiger partial charge < -0.3 is 13.4 Å². The van der Waals surface area contributed by atoms with E-state index in [9.17, 15) is 0 Å². The summed E-state index contributed by atoms with van der Waals surface area (Å²) >= 11 is 0. The Bertz CT molecular complexity index is 3950. The zero-order chi connectivity index (χ0) is 49.3. The SMILES string of the molecule is CC(C)(C)c1ccnc(-c2[c-]cccc2)n1.[2H]C([2H])([2H])c1c2oc3c(-c4nc5ccc6ccccc6c5n4-c4c(C(C)C)cc(-c5ccccc5)cc4C(C)C)[c-]ccc3c2nc2oc3ccccc3c12.[Ir]. The Morgan fingerprint density at radius 1 is 0.652 bits per heavy atom. The minimum Gasteiger partial charge on any atom is -0.499 e. The number of fused-ring (bicyclic) bond motifs is 9. The quantitative estimate of drug-likeness (QED) is 0.154. The number of hydrogen-bond acceptors (Lipinski definition) is 6. The number of pyridine rings is 1. The molecule has 7 aromatic carbocycles. The van der Waals surface area contributed by atoms with Crippen molar-refractivity contribution in [3.05, 3.63) is 186 Å². The van der Waals surface area contributed by atoms with Crippen molar-refractivity contribution in [3.63, 3.8) is 0 Å². The van der Waals surface area contributed by atoms with Crippen LogP contribution < -0.4 is 0 Å². The molecule has 343 valence electrons. The Balaban J connectivity index is 0.000000300. The summed E-state index contributed by atoms with van der Waals surface area (Å²) in [5.41, 5.74) is 12.3. The molecule has 69 heavy (non-hydrogen) atoms. The van der Waals surface area contributed by atoms with Gasteiger partial charge in [0, 0.05) is 63.5 Å². The van der Waals surface area contributed by atoms with Crippen molar-refractivity contribution < 1.29 is 33.1 Å². The van der Waals surface area contributed by atoms with Gasteiger partial charge in [0.1, 0.15) is 16.7 Å². The van der Waals surface area contributed by atoms with E-state index >= 15 is 0 Å². The summed E-state index contributed by atoms with van der Waals surface area (Å²) < 4.78 is 41.4. The Hall–Kier alpha value is -7.25. The van der Waals surface area contributed by atoms with Crippen LogP contribution in [0.15, 0.2) is 161 Å². The Morgan fingerprint density at radius 2 is 1.38 bits per heavy atom. The molecule has 0 atom stereocenters. The molecule has 0 unspecified atom stereocenters. The van der Waals surface area contributed by atoms with Crippen molar-refractivity contribution in [2.45, 2.75) is 72.6 Å². The number of hydrogen-bond donors (Lipinski definition) is 0. The number of para-hydroxylation sites is 1. The average Bonchev–Trinajstić information content (AvgIpc) is 4.07. The molecule has 5 heterocycles. The number of aryl methyl sites for hydroxylation is 1. The molecule has 0 amide bonds. The van der Waals surface area contributed by atoms with Gasteiger partial charge in [-0.25, -0.2) is 4.98 Å². The van der Waals surface area contributed by atoms with E-state index in [4.69, 9.17) is 22.9 Å². The average molecular weight is 1080 g/mol. The van der Waals surface area contributed by atoms with Gasteiger partial charge in [0.15, 0.2) is 0 Å². The third-order valence-corrected chi connectivity index (χ3v) is 12.8. The van der Waals surface area contributed by atoms with Crippen LogP contribution in [0.5, 0.6) is 0 Å². The predicted molar refractivity (Wildman–Crippen MR) is 279 cm³/mol. The summed E-state index contributed by atoms with van der Waals surface area (Å²) in [6.45, 7) is 12.9. The van der Waals surface area contributed by atoms with Crippen molar-refractivity contribution in [1.29, 1.82) is 0 Å². The molecule has 0 saturated carbocycles. The van der Waals surface area contributed by atoms with Crippen LogP contribution in [0.3, 0.4) is 0 Å². The molecule has 7 nitrogen and oxygen atoms in total. The van der Waals surface area contributed by atoms with Crippen LogP contribution in [-0.4, -0.2) is 24.5 Å². The minimum atomic E-state index is -2.52. The van der Waals surface area contributed by atoms with E-state index < -0.39 is 6.85 Å². The number of imidazole rings is 1. The summed E-state index contributed by atoms with van der Waals surface area (Å²) in [6, 6.07) is 55.3. The van der Waals surface area contributed by atoms with Crippen LogP contribution in [0.2, 0.25) is 0 Å². The van der Waals surface area contributed by atoms with E-state index in [1.807, 2.05) is 79.0 Å². The van der Waals surface area contributed by atoms with Crippen LogP contribution in [-0.2, 0) is 25.5 Å². The van der Waals surface area contributed by atoms with Gasteiger partial charge >= 0.3 is 0 Å². The first kappa shape index (κ1) is 41.9. The second kappa shape index (κ2) is 18.0. The van der Waals surface area contributed by atoms with Gasteiger partial charge in [-0.15, -0.1) is 54.1 Å². The molecular weight excluding hydrogens is 1030 g/mol. The van der Waals surface area contributed by atoms with Crippen LogP contribution in [0, 0.1) is 19.0 Å². The molecule has 12 rings (SSSR count). The molecule has 5 aromatic heterocycles. The number of aromatic nitrogens is 5. The van der Waals surface area contributed by atoms with Gasteiger partial charge in [-0.1, -0.05) is 133 Å². The predicted octanol–water partition coefficient (Wildman–Crippen LogP) is 16.3. The van der Waals surface area contributed by atoms with Crippen molar-refractivity contribution >= 4 is 65.9 Å². The minimum absolute atomic E-state index is 0. The smallest absolute Gasteiger partial charge is 0.228 e. The number of furan rings is 2. The number of nitrogens with zero attached hydrogens (tertiary/aromatic N) is 5. The van der Waals surface area contributed by atoms with Gasteiger partial charge in [0.2, 0.25) is 5.71 Å². The van der Waals surface area contributed by atoms with E-state index in [1.165, 1.54) is 16.7 Å². The van der Waals surface area contributed by atoms with Crippen LogP contribution in [0.1, 0.15) is 86.8 Å². The van der Waals surface area contributed by atoms with Crippen LogP contribution >= 0.6 is 0 Å². The Labute approximate surface area is 419 Å². The van der Waals surface area contributed by atoms with Crippen molar-refractivity contribution in [1.82, 2.24) is 24.5 Å². The van der Waals surface area contributed by atoms with E-state index in [2.05, 4.69) is 148 Å². The molecule has 0 fully saturated rings. The van der Waals surface area contributed by atoms with Gasteiger partial charge in [-0.3, -0.25) is 15.0 Å². The maximum Gasteiger partial charge on any atom is 0.228 e. The molecule has 0 aliphatic carbocycles. The maximum absolute atomic E-state index is 8.73. The first-order valence-electron chi connectivity index (χ1n) is 24.7. The van der Waals surface area contributed by atoms with E-state index in [0.29, 0.717) is 44.2 Å². The molecule has 8 heteroatoms. The molecule has 1 radical (unpaired) electrons. The molecule has 0 aliphatic heterocycles. The Kier molecular flexibility index (Phi) is 10.9. The largest absolute Gasteiger partial charge is 0.499 e. The first-order chi connectivity index (χ1) is 34.2. The monoisotopic (exact) mass is 1080 g/mol. The van der Waals surface area contributed by atoms with Crippen LogP contribution in [0.4, 0.5) is 0 Å². The van der Waals surface area contributed by atoms with Gasteiger partial charge in [0.05, 0.1) is 33.7 Å². The topological polar surface area (TPSA) is 82.8 Å².